The van der Waals surface area contributed by atoms with E-state index < -0.39 is 5.82 Å². The number of fused-ring (bicyclic) bond motifs is 3. The third-order valence-corrected chi connectivity index (χ3v) is 7.10. The summed E-state index contributed by atoms with van der Waals surface area (Å²) in [7, 11) is 0. The number of aliphatic hydroxyl groups is 1. The van der Waals surface area contributed by atoms with Crippen LogP contribution in [0.5, 0.6) is 0 Å². The van der Waals surface area contributed by atoms with Gasteiger partial charge in [-0.3, -0.25) is 9.36 Å². The van der Waals surface area contributed by atoms with E-state index in [1.54, 1.807) is 29.5 Å². The van der Waals surface area contributed by atoms with E-state index in [1.807, 2.05) is 0 Å². The van der Waals surface area contributed by atoms with Gasteiger partial charge < -0.3 is 5.11 Å². The lowest BCUT2D eigenvalue weighted by atomic mass is 9.89. The molecule has 2 heterocycles. The number of hydrogen-bond donors (Lipinski definition) is 1. The van der Waals surface area contributed by atoms with Crippen molar-refractivity contribution in [2.45, 2.75) is 37.8 Å². The van der Waals surface area contributed by atoms with Gasteiger partial charge in [-0.15, -0.1) is 11.3 Å². The lowest BCUT2D eigenvalue weighted by molar-refractivity contribution is 0.296. The van der Waals surface area contributed by atoms with Gasteiger partial charge in [0, 0.05) is 17.2 Å². The van der Waals surface area contributed by atoms with Gasteiger partial charge in [-0.25, -0.2) is 9.37 Å². The van der Waals surface area contributed by atoms with Crippen LogP contribution in [0.25, 0.3) is 15.9 Å². The van der Waals surface area contributed by atoms with Crippen molar-refractivity contribution in [2.75, 3.05) is 12.4 Å². The highest BCUT2D eigenvalue weighted by Gasteiger charge is 2.25. The topological polar surface area (TPSA) is 55.1 Å². The van der Waals surface area contributed by atoms with Crippen LogP contribution in [0.3, 0.4) is 0 Å². The molecular formula is C20H21FN2O2S2. The van der Waals surface area contributed by atoms with E-state index in [2.05, 4.69) is 6.92 Å². The number of aromatic nitrogens is 2. The maximum absolute atomic E-state index is 14.5. The van der Waals surface area contributed by atoms with E-state index in [1.165, 1.54) is 27.3 Å². The van der Waals surface area contributed by atoms with Crippen LogP contribution in [0.2, 0.25) is 0 Å². The Bertz CT molecular complexity index is 1040. The van der Waals surface area contributed by atoms with Crippen LogP contribution >= 0.6 is 23.1 Å². The maximum Gasteiger partial charge on any atom is 0.267 e. The van der Waals surface area contributed by atoms with Crippen molar-refractivity contribution in [2.24, 2.45) is 5.92 Å². The van der Waals surface area contributed by atoms with E-state index in [0.29, 0.717) is 28.6 Å². The summed E-state index contributed by atoms with van der Waals surface area (Å²) in [5.41, 5.74) is 1.14. The number of halogens is 1. The predicted molar refractivity (Wildman–Crippen MR) is 109 cm³/mol. The summed E-state index contributed by atoms with van der Waals surface area (Å²) in [4.78, 5) is 20.2. The average molecular weight is 405 g/mol. The SMILES string of the molecule is CC1CCc2c(sc3nc(SCCCO)n(-c4ccccc4F)c(=O)c23)C1. The Hall–Kier alpha value is -1.70. The molecule has 1 N–H and O–H groups in total. The molecule has 0 amide bonds. The van der Waals surface area contributed by atoms with Gasteiger partial charge in [0.05, 0.1) is 11.1 Å². The number of rotatable bonds is 5. The Labute approximate surface area is 165 Å². The molecule has 3 aromatic rings. The third kappa shape index (κ3) is 3.44. The van der Waals surface area contributed by atoms with Gasteiger partial charge >= 0.3 is 0 Å². The van der Waals surface area contributed by atoms with Crippen LogP contribution < -0.4 is 5.56 Å². The number of thioether (sulfide) groups is 1. The molecule has 2 aromatic heterocycles. The number of para-hydroxylation sites is 1. The standard InChI is InChI=1S/C20H21FN2O2S2/c1-12-7-8-13-16(11-12)27-18-17(13)19(25)23(15-6-3-2-5-14(15)21)20(22-18)26-10-4-9-24/h2-3,5-6,12,24H,4,7-11H2,1H3. The van der Waals surface area contributed by atoms with Crippen molar-refractivity contribution in [3.05, 3.63) is 50.9 Å². The minimum Gasteiger partial charge on any atom is -0.396 e. The van der Waals surface area contributed by atoms with Crippen molar-refractivity contribution in [3.8, 4) is 5.69 Å². The van der Waals surface area contributed by atoms with E-state index in [4.69, 9.17) is 10.1 Å². The first-order valence-electron chi connectivity index (χ1n) is 9.16. The van der Waals surface area contributed by atoms with Crippen LogP contribution in [-0.4, -0.2) is 27.0 Å². The highest BCUT2D eigenvalue weighted by Crippen LogP contribution is 2.37. The summed E-state index contributed by atoms with van der Waals surface area (Å²) in [6, 6.07) is 6.31. The van der Waals surface area contributed by atoms with Crippen molar-refractivity contribution in [1.82, 2.24) is 9.55 Å². The van der Waals surface area contributed by atoms with Crippen LogP contribution in [0, 0.1) is 11.7 Å². The van der Waals surface area contributed by atoms with E-state index in [9.17, 15) is 9.18 Å². The molecule has 0 aliphatic heterocycles. The molecular weight excluding hydrogens is 383 g/mol. The van der Waals surface area contributed by atoms with Crippen molar-refractivity contribution < 1.29 is 9.50 Å². The summed E-state index contributed by atoms with van der Waals surface area (Å²) < 4.78 is 15.9. The first-order chi connectivity index (χ1) is 13.1. The first-order valence-corrected chi connectivity index (χ1v) is 11.0. The summed E-state index contributed by atoms with van der Waals surface area (Å²) in [5.74, 6) is 0.783. The minimum absolute atomic E-state index is 0.0738. The summed E-state index contributed by atoms with van der Waals surface area (Å²) in [5, 5.41) is 10.2. The molecule has 7 heteroatoms. The average Bonchev–Trinajstić information content (AvgIpc) is 3.00. The first kappa shape index (κ1) is 18.7. The molecule has 0 bridgehead atoms. The molecule has 1 aromatic carbocycles. The van der Waals surface area contributed by atoms with E-state index in [0.717, 1.165) is 29.7 Å². The molecule has 1 unspecified atom stereocenters. The Kier molecular flexibility index (Phi) is 5.34. The molecule has 0 saturated carbocycles. The second kappa shape index (κ2) is 7.73. The highest BCUT2D eigenvalue weighted by atomic mass is 32.2. The van der Waals surface area contributed by atoms with Gasteiger partial charge in [0.2, 0.25) is 0 Å². The largest absolute Gasteiger partial charge is 0.396 e. The zero-order valence-corrected chi connectivity index (χ0v) is 16.7. The van der Waals surface area contributed by atoms with Gasteiger partial charge in [-0.05, 0) is 49.3 Å². The van der Waals surface area contributed by atoms with E-state index >= 15 is 0 Å². The molecule has 4 nitrogen and oxygen atoms in total. The molecule has 1 aliphatic rings. The molecule has 142 valence electrons. The number of thiophene rings is 1. The number of benzene rings is 1. The quantitative estimate of drug-likeness (QED) is 0.394. The van der Waals surface area contributed by atoms with Crippen LogP contribution in [0.15, 0.2) is 34.2 Å². The maximum atomic E-state index is 14.5. The molecule has 0 radical (unpaired) electrons. The molecule has 1 atom stereocenters. The fourth-order valence-electron chi connectivity index (χ4n) is 3.54. The Morgan fingerprint density at radius 1 is 1.41 bits per heavy atom. The smallest absolute Gasteiger partial charge is 0.267 e. The van der Waals surface area contributed by atoms with Gasteiger partial charge in [0.1, 0.15) is 10.6 Å². The Balaban J connectivity index is 1.95. The second-order valence-electron chi connectivity index (χ2n) is 6.94. The normalized spacial score (nSPS) is 16.6. The van der Waals surface area contributed by atoms with Gasteiger partial charge in [0.25, 0.3) is 5.56 Å². The summed E-state index contributed by atoms with van der Waals surface area (Å²) >= 11 is 2.98. The molecule has 1 aliphatic carbocycles. The molecule has 27 heavy (non-hydrogen) atoms. The van der Waals surface area contributed by atoms with Crippen LogP contribution in [0.1, 0.15) is 30.2 Å². The monoisotopic (exact) mass is 404 g/mol. The fraction of sp³-hybridized carbons (Fsp3) is 0.400. The highest BCUT2D eigenvalue weighted by molar-refractivity contribution is 7.99. The Morgan fingerprint density at radius 3 is 3.00 bits per heavy atom. The zero-order chi connectivity index (χ0) is 19.0. The number of hydrogen-bond acceptors (Lipinski definition) is 5. The molecule has 0 fully saturated rings. The van der Waals surface area contributed by atoms with Gasteiger partial charge in [-0.1, -0.05) is 30.8 Å². The van der Waals surface area contributed by atoms with Crippen molar-refractivity contribution in [1.29, 1.82) is 0 Å². The fourth-order valence-corrected chi connectivity index (χ4v) is 5.89. The predicted octanol–water partition coefficient (Wildman–Crippen LogP) is 4.19. The zero-order valence-electron chi connectivity index (χ0n) is 15.1. The molecule has 4 rings (SSSR count). The van der Waals surface area contributed by atoms with Crippen LogP contribution in [0.4, 0.5) is 4.39 Å². The number of aliphatic hydroxyl groups excluding tert-OH is 1. The lowest BCUT2D eigenvalue weighted by Gasteiger charge is -2.18. The Morgan fingerprint density at radius 2 is 2.22 bits per heavy atom. The second-order valence-corrected chi connectivity index (χ2v) is 9.09. The van der Waals surface area contributed by atoms with Gasteiger partial charge in [-0.2, -0.15) is 0 Å². The molecule has 0 saturated heterocycles. The number of nitrogens with zero attached hydrogens (tertiary/aromatic N) is 2. The number of aryl methyl sites for hydroxylation is 1. The van der Waals surface area contributed by atoms with Crippen LogP contribution in [-0.2, 0) is 12.8 Å². The van der Waals surface area contributed by atoms with Gasteiger partial charge in [0.15, 0.2) is 5.16 Å². The summed E-state index contributed by atoms with van der Waals surface area (Å²) in [6.07, 6.45) is 3.50. The molecule has 0 spiro atoms. The van der Waals surface area contributed by atoms with Crippen molar-refractivity contribution >= 4 is 33.3 Å². The minimum atomic E-state index is -0.442. The summed E-state index contributed by atoms with van der Waals surface area (Å²) in [6.45, 7) is 2.30. The van der Waals surface area contributed by atoms with Crippen molar-refractivity contribution in [3.63, 3.8) is 0 Å². The lowest BCUT2D eigenvalue weighted by Crippen LogP contribution is -2.23. The van der Waals surface area contributed by atoms with E-state index in [-0.39, 0.29) is 17.9 Å². The third-order valence-electron chi connectivity index (χ3n) is 4.93.